The molecular weight excluding hydrogens is 334 g/mol. The van der Waals surface area contributed by atoms with Crippen LogP contribution in [0.5, 0.6) is 0 Å². The fourth-order valence-corrected chi connectivity index (χ4v) is 3.99. The number of H-pyrrole nitrogens is 1. The number of fused-ring (bicyclic) bond motifs is 1. The lowest BCUT2D eigenvalue weighted by Crippen LogP contribution is -2.49. The third kappa shape index (κ3) is 3.83. The Hall–Kier alpha value is -2.40. The van der Waals surface area contributed by atoms with Gasteiger partial charge in [-0.25, -0.2) is 9.97 Å². The monoisotopic (exact) mass is 363 g/mol. The van der Waals surface area contributed by atoms with E-state index in [0.29, 0.717) is 0 Å². The van der Waals surface area contributed by atoms with Crippen molar-refractivity contribution in [2.75, 3.05) is 18.4 Å². The summed E-state index contributed by atoms with van der Waals surface area (Å²) in [4.78, 5) is 12.0. The van der Waals surface area contributed by atoms with Crippen LogP contribution >= 0.6 is 0 Å². The van der Waals surface area contributed by atoms with Gasteiger partial charge in [-0.05, 0) is 55.0 Å². The molecule has 2 aromatic heterocycles. The Morgan fingerprint density at radius 3 is 2.48 bits per heavy atom. The molecule has 0 bridgehead atoms. The van der Waals surface area contributed by atoms with E-state index < -0.39 is 0 Å². The first-order chi connectivity index (χ1) is 13.0. The topological polar surface area (TPSA) is 65.6 Å². The van der Waals surface area contributed by atoms with Gasteiger partial charge in [0, 0.05) is 11.7 Å². The second kappa shape index (κ2) is 6.97. The van der Waals surface area contributed by atoms with E-state index in [9.17, 15) is 0 Å². The average molecular weight is 364 g/mol. The zero-order valence-electron chi connectivity index (χ0n) is 16.5. The maximum Gasteiger partial charge on any atom is 0.142 e. The molecule has 1 aromatic carbocycles. The molecule has 0 radical (unpaired) electrons. The highest BCUT2D eigenvalue weighted by Gasteiger charge is 2.33. The number of aromatic amines is 1. The van der Waals surface area contributed by atoms with E-state index in [1.165, 1.54) is 11.1 Å². The van der Waals surface area contributed by atoms with Crippen LogP contribution in [0, 0.1) is 0 Å². The minimum Gasteiger partial charge on any atom is -0.364 e. The quantitative estimate of drug-likeness (QED) is 0.655. The molecule has 0 saturated carbocycles. The van der Waals surface area contributed by atoms with Gasteiger partial charge >= 0.3 is 0 Å². The maximum atomic E-state index is 4.54. The molecule has 142 valence electrons. The molecule has 0 spiro atoms. The average Bonchev–Trinajstić information content (AvgIpc) is 3.12. The Morgan fingerprint density at radius 1 is 1.04 bits per heavy atom. The van der Waals surface area contributed by atoms with Crippen LogP contribution in [0.15, 0.2) is 42.9 Å². The van der Waals surface area contributed by atoms with Crippen LogP contribution in [0.1, 0.15) is 44.7 Å². The predicted octanol–water partition coefficient (Wildman–Crippen LogP) is 4.03. The highest BCUT2D eigenvalue weighted by molar-refractivity contribution is 5.87. The van der Waals surface area contributed by atoms with Crippen LogP contribution in [0.4, 0.5) is 5.82 Å². The molecule has 3 N–H and O–H groups in total. The lowest BCUT2D eigenvalue weighted by atomic mass is 9.81. The Labute approximate surface area is 161 Å². The highest BCUT2D eigenvalue weighted by atomic mass is 15.1. The molecular formula is C22H29N5. The second-order valence-electron chi connectivity index (χ2n) is 8.74. The number of nitrogens with zero attached hydrogens (tertiary/aromatic N) is 2. The minimum atomic E-state index is 0.00700. The predicted molar refractivity (Wildman–Crippen MR) is 111 cm³/mol. The summed E-state index contributed by atoms with van der Waals surface area (Å²) in [6.07, 6.45) is 6.70. The van der Waals surface area contributed by atoms with Crippen molar-refractivity contribution < 1.29 is 0 Å². The van der Waals surface area contributed by atoms with Crippen LogP contribution in [0.2, 0.25) is 0 Å². The van der Waals surface area contributed by atoms with Gasteiger partial charge < -0.3 is 15.6 Å². The fraction of sp³-hybridized carbons (Fsp3) is 0.455. The third-order valence-corrected chi connectivity index (χ3v) is 5.66. The van der Waals surface area contributed by atoms with Crippen molar-refractivity contribution in [3.63, 3.8) is 0 Å². The summed E-state index contributed by atoms with van der Waals surface area (Å²) in [6, 6.07) is 11.2. The Balaban J connectivity index is 1.62. The number of anilines is 1. The Bertz CT molecular complexity index is 898. The number of piperidine rings is 1. The summed E-state index contributed by atoms with van der Waals surface area (Å²) in [5.74, 6) is 0.925. The van der Waals surface area contributed by atoms with Crippen LogP contribution < -0.4 is 10.6 Å². The van der Waals surface area contributed by atoms with Crippen molar-refractivity contribution in [2.24, 2.45) is 0 Å². The third-order valence-electron chi connectivity index (χ3n) is 5.66. The molecule has 3 heterocycles. The first kappa shape index (κ1) is 18.0. The van der Waals surface area contributed by atoms with Gasteiger partial charge in [0.15, 0.2) is 0 Å². The molecule has 1 saturated heterocycles. The molecule has 4 rings (SSSR count). The van der Waals surface area contributed by atoms with Gasteiger partial charge in [0.05, 0.1) is 5.39 Å². The molecule has 5 heteroatoms. The summed E-state index contributed by atoms with van der Waals surface area (Å²) in [6.45, 7) is 8.82. The number of hydrogen-bond donors (Lipinski definition) is 3. The molecule has 0 aliphatic carbocycles. The van der Waals surface area contributed by atoms with Crippen molar-refractivity contribution in [2.45, 2.75) is 51.0 Å². The molecule has 0 unspecified atom stereocenters. The Kier molecular flexibility index (Phi) is 4.64. The summed E-state index contributed by atoms with van der Waals surface area (Å²) >= 11 is 0. The zero-order valence-corrected chi connectivity index (χ0v) is 16.5. The molecule has 0 amide bonds. The van der Waals surface area contributed by atoms with E-state index in [0.717, 1.165) is 49.2 Å². The van der Waals surface area contributed by atoms with Crippen molar-refractivity contribution in [3.05, 3.63) is 54.0 Å². The molecule has 0 atom stereocenters. The van der Waals surface area contributed by atoms with Gasteiger partial charge in [0.25, 0.3) is 0 Å². The standard InChI is InChI=1S/C22H29N5/c1-21(2,3)17-6-4-16(5-7-17)14-22(9-12-23-13-10-22)27-20-18-8-11-24-19(18)25-15-26-20/h4-8,11,15,23H,9-10,12-14H2,1-3H3,(H2,24,25,26,27). The van der Waals surface area contributed by atoms with Crippen molar-refractivity contribution >= 4 is 16.9 Å². The molecule has 5 nitrogen and oxygen atoms in total. The molecule has 1 fully saturated rings. The SMILES string of the molecule is CC(C)(C)c1ccc(CC2(Nc3ncnc4[nH]ccc34)CCNCC2)cc1. The minimum absolute atomic E-state index is 0.00700. The molecule has 1 aliphatic heterocycles. The van der Waals surface area contributed by atoms with Crippen LogP contribution in [-0.4, -0.2) is 33.6 Å². The molecule has 3 aromatic rings. The smallest absolute Gasteiger partial charge is 0.142 e. The van der Waals surface area contributed by atoms with E-state index in [1.54, 1.807) is 6.33 Å². The summed E-state index contributed by atoms with van der Waals surface area (Å²) < 4.78 is 0. The van der Waals surface area contributed by atoms with Gasteiger partial charge in [-0.15, -0.1) is 0 Å². The summed E-state index contributed by atoms with van der Waals surface area (Å²) in [7, 11) is 0. The highest BCUT2D eigenvalue weighted by Crippen LogP contribution is 2.31. The summed E-state index contributed by atoms with van der Waals surface area (Å²) in [5.41, 5.74) is 3.82. The van der Waals surface area contributed by atoms with Crippen LogP contribution in [0.3, 0.4) is 0 Å². The number of hydrogen-bond acceptors (Lipinski definition) is 4. The van der Waals surface area contributed by atoms with Gasteiger partial charge in [0.2, 0.25) is 0 Å². The maximum absolute atomic E-state index is 4.54. The number of nitrogens with one attached hydrogen (secondary N) is 3. The number of rotatable bonds is 4. The Morgan fingerprint density at radius 2 is 1.78 bits per heavy atom. The normalized spacial score (nSPS) is 17.1. The van der Waals surface area contributed by atoms with Crippen LogP contribution in [-0.2, 0) is 11.8 Å². The van der Waals surface area contributed by atoms with Crippen LogP contribution in [0.25, 0.3) is 11.0 Å². The second-order valence-corrected chi connectivity index (χ2v) is 8.74. The van der Waals surface area contributed by atoms with E-state index in [-0.39, 0.29) is 11.0 Å². The van der Waals surface area contributed by atoms with E-state index in [1.807, 2.05) is 12.3 Å². The van der Waals surface area contributed by atoms with Crippen molar-refractivity contribution in [1.82, 2.24) is 20.3 Å². The van der Waals surface area contributed by atoms with Gasteiger partial charge in [0.1, 0.15) is 17.8 Å². The van der Waals surface area contributed by atoms with Gasteiger partial charge in [-0.3, -0.25) is 0 Å². The lowest BCUT2D eigenvalue weighted by Gasteiger charge is -2.39. The van der Waals surface area contributed by atoms with Gasteiger partial charge in [-0.1, -0.05) is 45.0 Å². The molecule has 1 aliphatic rings. The fourth-order valence-electron chi connectivity index (χ4n) is 3.99. The first-order valence-electron chi connectivity index (χ1n) is 9.82. The zero-order chi connectivity index (χ0) is 18.9. The largest absolute Gasteiger partial charge is 0.364 e. The first-order valence-corrected chi connectivity index (χ1v) is 9.82. The summed E-state index contributed by atoms with van der Waals surface area (Å²) in [5, 5.41) is 8.35. The van der Waals surface area contributed by atoms with Gasteiger partial charge in [-0.2, -0.15) is 0 Å². The van der Waals surface area contributed by atoms with E-state index >= 15 is 0 Å². The van der Waals surface area contributed by atoms with Crippen molar-refractivity contribution in [3.8, 4) is 0 Å². The van der Waals surface area contributed by atoms with E-state index in [4.69, 9.17) is 0 Å². The lowest BCUT2D eigenvalue weighted by molar-refractivity contribution is 0.335. The number of benzene rings is 1. The van der Waals surface area contributed by atoms with E-state index in [2.05, 4.69) is 70.6 Å². The molecule has 27 heavy (non-hydrogen) atoms. The number of aromatic nitrogens is 3. The van der Waals surface area contributed by atoms with Crippen molar-refractivity contribution in [1.29, 1.82) is 0 Å².